The van der Waals surface area contributed by atoms with Gasteiger partial charge in [0.1, 0.15) is 0 Å². The summed E-state index contributed by atoms with van der Waals surface area (Å²) in [5.41, 5.74) is 0. The van der Waals surface area contributed by atoms with Gasteiger partial charge in [-0.25, -0.2) is 0 Å². The van der Waals surface area contributed by atoms with Gasteiger partial charge in [-0.15, -0.1) is 0 Å². The molecule has 0 saturated heterocycles. The van der Waals surface area contributed by atoms with Gasteiger partial charge in [-0.1, -0.05) is 84.0 Å². The fraction of sp³-hybridized carbons (Fsp3) is 0.947. The van der Waals surface area contributed by atoms with Crippen LogP contribution < -0.4 is 0 Å². The Morgan fingerprint density at radius 1 is 0.857 bits per heavy atom. The summed E-state index contributed by atoms with van der Waals surface area (Å²) in [5, 5.41) is 9.27. The number of unbranched alkanes of at least 4 members (excludes halogenated alkanes) is 9. The van der Waals surface area contributed by atoms with Gasteiger partial charge in [0.25, 0.3) is 0 Å². The Labute approximate surface area is 131 Å². The van der Waals surface area contributed by atoms with Crippen LogP contribution in [0, 0.1) is 11.8 Å². The second kappa shape index (κ2) is 12.1. The van der Waals surface area contributed by atoms with Crippen LogP contribution in [0.1, 0.15) is 103 Å². The van der Waals surface area contributed by atoms with Gasteiger partial charge in [-0.3, -0.25) is 4.79 Å². The Kier molecular flexibility index (Phi) is 10.6. The summed E-state index contributed by atoms with van der Waals surface area (Å²) in [6, 6.07) is 0. The van der Waals surface area contributed by atoms with Gasteiger partial charge >= 0.3 is 5.97 Å². The van der Waals surface area contributed by atoms with Gasteiger partial charge < -0.3 is 5.11 Å². The lowest BCUT2D eigenvalue weighted by molar-refractivity contribution is -0.145. The summed E-state index contributed by atoms with van der Waals surface area (Å²) in [7, 11) is 0. The predicted molar refractivity (Wildman–Crippen MR) is 89.5 cm³/mol. The molecule has 0 aromatic rings. The minimum absolute atomic E-state index is 0.0442. The van der Waals surface area contributed by atoms with Crippen molar-refractivity contribution in [2.45, 2.75) is 103 Å². The van der Waals surface area contributed by atoms with Crippen molar-refractivity contribution in [1.29, 1.82) is 0 Å². The van der Waals surface area contributed by atoms with Gasteiger partial charge in [-0.05, 0) is 25.2 Å². The van der Waals surface area contributed by atoms with E-state index in [1.807, 2.05) is 0 Å². The summed E-state index contributed by atoms with van der Waals surface area (Å²) in [6.07, 6.45) is 19.2. The second-order valence-corrected chi connectivity index (χ2v) is 6.96. The van der Waals surface area contributed by atoms with E-state index in [-0.39, 0.29) is 5.92 Å². The average Bonchev–Trinajstić information content (AvgIpc) is 2.49. The highest BCUT2D eigenvalue weighted by atomic mass is 16.4. The van der Waals surface area contributed by atoms with Crippen molar-refractivity contribution in [3.8, 4) is 0 Å². The molecule has 1 aliphatic rings. The number of hydrogen-bond donors (Lipinski definition) is 1. The molecule has 0 bridgehead atoms. The lowest BCUT2D eigenvalue weighted by Crippen LogP contribution is -2.26. The smallest absolute Gasteiger partial charge is 0.306 e. The fourth-order valence-electron chi connectivity index (χ4n) is 3.77. The first-order chi connectivity index (χ1) is 10.3. The molecule has 2 nitrogen and oxygen atoms in total. The van der Waals surface area contributed by atoms with Gasteiger partial charge in [0.05, 0.1) is 5.92 Å². The Morgan fingerprint density at radius 2 is 1.38 bits per heavy atom. The second-order valence-electron chi connectivity index (χ2n) is 6.96. The molecule has 0 heterocycles. The molecule has 1 N–H and O–H groups in total. The zero-order valence-electron chi connectivity index (χ0n) is 14.1. The Morgan fingerprint density at radius 3 is 1.95 bits per heavy atom. The lowest BCUT2D eigenvalue weighted by atomic mass is 9.76. The van der Waals surface area contributed by atoms with E-state index in [2.05, 4.69) is 6.92 Å². The summed E-state index contributed by atoms with van der Waals surface area (Å²) in [6.45, 7) is 2.27. The van der Waals surface area contributed by atoms with Crippen molar-refractivity contribution in [2.75, 3.05) is 0 Å². The topological polar surface area (TPSA) is 37.3 Å². The SMILES string of the molecule is CCCCCCCCCCCCC1CCCCC1C(=O)O. The molecule has 21 heavy (non-hydrogen) atoms. The molecule has 1 rings (SSSR count). The summed E-state index contributed by atoms with van der Waals surface area (Å²) in [5.74, 6) is -0.130. The maximum absolute atomic E-state index is 11.2. The van der Waals surface area contributed by atoms with E-state index in [1.165, 1.54) is 70.6 Å². The molecule has 1 fully saturated rings. The maximum Gasteiger partial charge on any atom is 0.306 e. The molecule has 124 valence electrons. The van der Waals surface area contributed by atoms with Crippen LogP contribution in [-0.2, 0) is 4.79 Å². The number of carboxylic acids is 1. The Bertz CT molecular complexity index is 262. The largest absolute Gasteiger partial charge is 0.481 e. The Hall–Kier alpha value is -0.530. The van der Waals surface area contributed by atoms with Crippen LogP contribution in [0.15, 0.2) is 0 Å². The van der Waals surface area contributed by atoms with E-state index >= 15 is 0 Å². The van der Waals surface area contributed by atoms with Crippen LogP contribution in [0.25, 0.3) is 0 Å². The van der Waals surface area contributed by atoms with Crippen LogP contribution in [0.4, 0.5) is 0 Å². The van der Waals surface area contributed by atoms with Crippen molar-refractivity contribution in [2.24, 2.45) is 11.8 Å². The summed E-state index contributed by atoms with van der Waals surface area (Å²) < 4.78 is 0. The third-order valence-corrected chi connectivity index (χ3v) is 5.15. The molecular weight excluding hydrogens is 260 g/mol. The third kappa shape index (κ3) is 8.48. The Balaban J connectivity index is 1.94. The van der Waals surface area contributed by atoms with E-state index in [4.69, 9.17) is 0 Å². The van der Waals surface area contributed by atoms with E-state index in [1.54, 1.807) is 0 Å². The minimum Gasteiger partial charge on any atom is -0.481 e. The molecule has 2 heteroatoms. The predicted octanol–water partition coefficient (Wildman–Crippen LogP) is 6.19. The van der Waals surface area contributed by atoms with Gasteiger partial charge in [-0.2, -0.15) is 0 Å². The maximum atomic E-state index is 11.2. The number of rotatable bonds is 12. The van der Waals surface area contributed by atoms with Crippen LogP contribution >= 0.6 is 0 Å². The summed E-state index contributed by atoms with van der Waals surface area (Å²) in [4.78, 5) is 11.2. The standard InChI is InChI=1S/C19H36O2/c1-2-3-4-5-6-7-8-9-10-11-14-17-15-12-13-16-18(17)19(20)21/h17-18H,2-16H2,1H3,(H,20,21). The highest BCUT2D eigenvalue weighted by Crippen LogP contribution is 2.33. The normalized spacial score (nSPS) is 22.3. The first kappa shape index (κ1) is 18.5. The van der Waals surface area contributed by atoms with Gasteiger partial charge in [0.2, 0.25) is 0 Å². The zero-order valence-corrected chi connectivity index (χ0v) is 14.1. The summed E-state index contributed by atoms with van der Waals surface area (Å²) >= 11 is 0. The molecule has 2 unspecified atom stereocenters. The molecule has 0 aromatic carbocycles. The number of aliphatic carboxylic acids is 1. The highest BCUT2D eigenvalue weighted by molar-refractivity contribution is 5.70. The van der Waals surface area contributed by atoms with Crippen molar-refractivity contribution in [1.82, 2.24) is 0 Å². The number of hydrogen-bond acceptors (Lipinski definition) is 1. The third-order valence-electron chi connectivity index (χ3n) is 5.15. The van der Waals surface area contributed by atoms with Crippen molar-refractivity contribution >= 4 is 5.97 Å². The lowest BCUT2D eigenvalue weighted by Gasteiger charge is -2.28. The molecule has 0 aromatic heterocycles. The first-order valence-corrected chi connectivity index (χ1v) is 9.48. The van der Waals surface area contributed by atoms with E-state index in [9.17, 15) is 9.90 Å². The molecule has 1 saturated carbocycles. The van der Waals surface area contributed by atoms with Crippen LogP contribution in [0.3, 0.4) is 0 Å². The molecule has 0 spiro atoms. The van der Waals surface area contributed by atoms with E-state index in [0.717, 1.165) is 25.7 Å². The molecule has 0 aliphatic heterocycles. The molecule has 2 atom stereocenters. The van der Waals surface area contributed by atoms with Crippen molar-refractivity contribution in [3.63, 3.8) is 0 Å². The quantitative estimate of drug-likeness (QED) is 0.436. The first-order valence-electron chi connectivity index (χ1n) is 9.48. The monoisotopic (exact) mass is 296 g/mol. The minimum atomic E-state index is -0.549. The van der Waals surface area contributed by atoms with Gasteiger partial charge in [0, 0.05) is 0 Å². The molecular formula is C19H36O2. The zero-order chi connectivity index (χ0) is 15.3. The molecule has 0 amide bonds. The van der Waals surface area contributed by atoms with Crippen LogP contribution in [-0.4, -0.2) is 11.1 Å². The van der Waals surface area contributed by atoms with Crippen molar-refractivity contribution in [3.05, 3.63) is 0 Å². The van der Waals surface area contributed by atoms with E-state index < -0.39 is 5.97 Å². The number of carbonyl (C=O) groups is 1. The molecule has 1 aliphatic carbocycles. The average molecular weight is 296 g/mol. The van der Waals surface area contributed by atoms with E-state index in [0.29, 0.717) is 5.92 Å². The van der Waals surface area contributed by atoms with Crippen LogP contribution in [0.2, 0.25) is 0 Å². The highest BCUT2D eigenvalue weighted by Gasteiger charge is 2.29. The fourth-order valence-corrected chi connectivity index (χ4v) is 3.77. The van der Waals surface area contributed by atoms with Gasteiger partial charge in [0.15, 0.2) is 0 Å². The van der Waals surface area contributed by atoms with Crippen LogP contribution in [0.5, 0.6) is 0 Å². The number of carboxylic acid groups (broad SMARTS) is 1. The van der Waals surface area contributed by atoms with Crippen molar-refractivity contribution < 1.29 is 9.90 Å². The molecule has 0 radical (unpaired) electrons.